The monoisotopic (exact) mass is 388 g/mol. The molecule has 1 aliphatic rings. The van der Waals surface area contributed by atoms with Crippen LogP contribution in [0.3, 0.4) is 0 Å². The number of hydrogen-bond acceptors (Lipinski definition) is 3. The molecular weight excluding hydrogens is 366 g/mol. The molecule has 1 N–H and O–H groups in total. The third-order valence-electron chi connectivity index (χ3n) is 5.14. The fourth-order valence-electron chi connectivity index (χ4n) is 3.61. The molecule has 0 saturated carbocycles. The molecule has 3 rings (SSSR count). The SMILES string of the molecule is CC1(C)C(=O)N(CC(=O)O)[C@H](c2cc(F)cc(F)c2)CN1Cc1ccccc1. The zero-order valence-electron chi connectivity index (χ0n) is 15.7. The summed E-state index contributed by atoms with van der Waals surface area (Å²) in [4.78, 5) is 27.6. The summed E-state index contributed by atoms with van der Waals surface area (Å²) in [6.45, 7) is 3.63. The van der Waals surface area contributed by atoms with Crippen molar-refractivity contribution in [3.63, 3.8) is 0 Å². The first-order chi connectivity index (χ1) is 13.2. The van der Waals surface area contributed by atoms with Crippen LogP contribution in [-0.2, 0) is 16.1 Å². The van der Waals surface area contributed by atoms with E-state index in [0.29, 0.717) is 6.54 Å². The maximum atomic E-state index is 13.8. The van der Waals surface area contributed by atoms with Gasteiger partial charge in [-0.3, -0.25) is 14.5 Å². The Hall–Kier alpha value is -2.80. The van der Waals surface area contributed by atoms with Crippen molar-refractivity contribution in [3.05, 3.63) is 71.3 Å². The minimum Gasteiger partial charge on any atom is -0.480 e. The predicted molar refractivity (Wildman–Crippen MR) is 99.4 cm³/mol. The second-order valence-corrected chi connectivity index (χ2v) is 7.47. The third-order valence-corrected chi connectivity index (χ3v) is 5.14. The standard InChI is InChI=1S/C21H22F2N2O3/c1-21(2)20(28)25(13-19(26)27)18(15-8-16(22)10-17(23)9-15)12-24(21)11-14-6-4-3-5-7-14/h3-10,18H,11-13H2,1-2H3,(H,26,27)/t18-/m0/s1. The van der Waals surface area contributed by atoms with Crippen molar-refractivity contribution in [1.82, 2.24) is 9.80 Å². The fourth-order valence-corrected chi connectivity index (χ4v) is 3.61. The zero-order chi connectivity index (χ0) is 20.5. The maximum absolute atomic E-state index is 13.8. The highest BCUT2D eigenvalue weighted by Crippen LogP contribution is 2.35. The summed E-state index contributed by atoms with van der Waals surface area (Å²) < 4.78 is 27.6. The largest absolute Gasteiger partial charge is 0.480 e. The van der Waals surface area contributed by atoms with Crippen LogP contribution in [0.1, 0.15) is 31.0 Å². The number of rotatable bonds is 5. The van der Waals surface area contributed by atoms with Crippen molar-refractivity contribution in [2.75, 3.05) is 13.1 Å². The fraction of sp³-hybridized carbons (Fsp3) is 0.333. The van der Waals surface area contributed by atoms with Crippen LogP contribution in [0.5, 0.6) is 0 Å². The minimum absolute atomic E-state index is 0.237. The molecule has 2 aromatic carbocycles. The van der Waals surface area contributed by atoms with E-state index >= 15 is 0 Å². The lowest BCUT2D eigenvalue weighted by molar-refractivity contribution is -0.160. The van der Waals surface area contributed by atoms with E-state index in [1.807, 2.05) is 35.2 Å². The van der Waals surface area contributed by atoms with Crippen LogP contribution in [0, 0.1) is 11.6 Å². The lowest BCUT2D eigenvalue weighted by Crippen LogP contribution is -2.64. The lowest BCUT2D eigenvalue weighted by atomic mass is 9.90. The average molecular weight is 388 g/mol. The molecule has 1 atom stereocenters. The molecule has 0 spiro atoms. The Morgan fingerprint density at radius 3 is 2.32 bits per heavy atom. The van der Waals surface area contributed by atoms with Crippen molar-refractivity contribution in [3.8, 4) is 0 Å². The summed E-state index contributed by atoms with van der Waals surface area (Å²) in [5.74, 6) is -3.11. The molecule has 0 radical (unpaired) electrons. The molecule has 0 bridgehead atoms. The molecule has 28 heavy (non-hydrogen) atoms. The molecule has 0 aliphatic carbocycles. The van der Waals surface area contributed by atoms with Crippen LogP contribution < -0.4 is 0 Å². The Bertz CT molecular complexity index is 866. The average Bonchev–Trinajstić information content (AvgIpc) is 2.61. The van der Waals surface area contributed by atoms with Crippen molar-refractivity contribution in [2.24, 2.45) is 0 Å². The zero-order valence-corrected chi connectivity index (χ0v) is 15.7. The Morgan fingerprint density at radius 1 is 1.14 bits per heavy atom. The van der Waals surface area contributed by atoms with Gasteiger partial charge in [0.05, 0.1) is 11.6 Å². The van der Waals surface area contributed by atoms with E-state index in [9.17, 15) is 23.5 Å². The van der Waals surface area contributed by atoms with Crippen LogP contribution in [0.25, 0.3) is 0 Å². The van der Waals surface area contributed by atoms with Crippen molar-refractivity contribution in [2.45, 2.75) is 32.0 Å². The maximum Gasteiger partial charge on any atom is 0.323 e. The summed E-state index contributed by atoms with van der Waals surface area (Å²) in [5.41, 5.74) is 0.258. The summed E-state index contributed by atoms with van der Waals surface area (Å²) >= 11 is 0. The molecule has 1 fully saturated rings. The van der Waals surface area contributed by atoms with Gasteiger partial charge in [-0.1, -0.05) is 30.3 Å². The highest BCUT2D eigenvalue weighted by atomic mass is 19.1. The van der Waals surface area contributed by atoms with E-state index in [2.05, 4.69) is 0 Å². The Kier molecular flexibility index (Phi) is 5.47. The van der Waals surface area contributed by atoms with Gasteiger partial charge in [0.25, 0.3) is 0 Å². The number of piperazine rings is 1. The van der Waals surface area contributed by atoms with E-state index in [4.69, 9.17) is 0 Å². The van der Waals surface area contributed by atoms with Gasteiger partial charge < -0.3 is 10.0 Å². The number of carbonyl (C=O) groups excluding carboxylic acids is 1. The van der Waals surface area contributed by atoms with Gasteiger partial charge in [-0.25, -0.2) is 8.78 Å². The molecule has 2 aromatic rings. The highest BCUT2D eigenvalue weighted by molar-refractivity contribution is 5.89. The smallest absolute Gasteiger partial charge is 0.323 e. The normalized spacial score (nSPS) is 19.6. The predicted octanol–water partition coefficient (Wildman–Crippen LogP) is 3.21. The molecule has 1 saturated heterocycles. The highest BCUT2D eigenvalue weighted by Gasteiger charge is 2.47. The van der Waals surface area contributed by atoms with E-state index in [-0.39, 0.29) is 12.1 Å². The molecule has 1 aliphatic heterocycles. The molecule has 5 nitrogen and oxygen atoms in total. The number of benzene rings is 2. The molecule has 0 unspecified atom stereocenters. The van der Waals surface area contributed by atoms with Crippen LogP contribution in [0.15, 0.2) is 48.5 Å². The van der Waals surface area contributed by atoms with Crippen LogP contribution in [0.4, 0.5) is 8.78 Å². The Morgan fingerprint density at radius 2 is 1.75 bits per heavy atom. The number of halogens is 2. The topological polar surface area (TPSA) is 60.9 Å². The van der Waals surface area contributed by atoms with Gasteiger partial charge in [-0.2, -0.15) is 0 Å². The van der Waals surface area contributed by atoms with Gasteiger partial charge in [0, 0.05) is 19.2 Å². The van der Waals surface area contributed by atoms with Crippen LogP contribution >= 0.6 is 0 Å². The first-order valence-corrected chi connectivity index (χ1v) is 8.96. The first-order valence-electron chi connectivity index (χ1n) is 8.96. The van der Waals surface area contributed by atoms with E-state index < -0.39 is 41.6 Å². The minimum atomic E-state index is -1.18. The van der Waals surface area contributed by atoms with Gasteiger partial charge in [0.1, 0.15) is 18.2 Å². The number of carbonyl (C=O) groups is 2. The van der Waals surface area contributed by atoms with Crippen molar-refractivity contribution >= 4 is 11.9 Å². The van der Waals surface area contributed by atoms with Gasteiger partial charge in [0.2, 0.25) is 5.91 Å². The Labute approximate surface area is 162 Å². The van der Waals surface area contributed by atoms with Crippen LogP contribution in [-0.4, -0.2) is 45.4 Å². The molecule has 1 heterocycles. The van der Waals surface area contributed by atoms with Gasteiger partial charge in [-0.15, -0.1) is 0 Å². The summed E-state index contributed by atoms with van der Waals surface area (Å²) in [5, 5.41) is 9.27. The van der Waals surface area contributed by atoms with Crippen molar-refractivity contribution in [1.29, 1.82) is 0 Å². The van der Waals surface area contributed by atoms with Crippen molar-refractivity contribution < 1.29 is 23.5 Å². The second kappa shape index (κ2) is 7.67. The van der Waals surface area contributed by atoms with Gasteiger partial charge >= 0.3 is 5.97 Å². The summed E-state index contributed by atoms with van der Waals surface area (Å²) in [6, 6.07) is 11.8. The summed E-state index contributed by atoms with van der Waals surface area (Å²) in [6.07, 6.45) is 0. The number of aliphatic carboxylic acids is 1. The third kappa shape index (κ3) is 4.04. The second-order valence-electron chi connectivity index (χ2n) is 7.47. The molecule has 148 valence electrons. The first kappa shape index (κ1) is 19.9. The number of carboxylic acids is 1. The Balaban J connectivity index is 2.01. The lowest BCUT2D eigenvalue weighted by Gasteiger charge is -2.49. The van der Waals surface area contributed by atoms with E-state index in [1.54, 1.807) is 13.8 Å². The molecular formula is C21H22F2N2O3. The summed E-state index contributed by atoms with van der Waals surface area (Å²) in [7, 11) is 0. The number of amides is 1. The molecule has 0 aromatic heterocycles. The van der Waals surface area contributed by atoms with Gasteiger partial charge in [-0.05, 0) is 37.1 Å². The molecule has 7 heteroatoms. The number of nitrogens with zero attached hydrogens (tertiary/aromatic N) is 2. The van der Waals surface area contributed by atoms with E-state index in [0.717, 1.165) is 23.8 Å². The quantitative estimate of drug-likeness (QED) is 0.855. The van der Waals surface area contributed by atoms with Gasteiger partial charge in [0.15, 0.2) is 0 Å². The number of hydrogen-bond donors (Lipinski definition) is 1. The number of carboxylic acid groups (broad SMARTS) is 1. The van der Waals surface area contributed by atoms with Crippen LogP contribution in [0.2, 0.25) is 0 Å². The molecule has 1 amide bonds. The van der Waals surface area contributed by atoms with E-state index in [1.165, 1.54) is 4.90 Å².